The van der Waals surface area contributed by atoms with Gasteiger partial charge in [0.15, 0.2) is 0 Å². The highest BCUT2D eigenvalue weighted by atomic mass is 32.2. The molecule has 0 heterocycles. The van der Waals surface area contributed by atoms with Crippen molar-refractivity contribution in [3.8, 4) is 11.5 Å². The van der Waals surface area contributed by atoms with Gasteiger partial charge in [0.1, 0.15) is 24.1 Å². The zero-order valence-corrected chi connectivity index (χ0v) is 22.7. The molecule has 36 heavy (non-hydrogen) atoms. The largest absolute Gasteiger partial charge is 0.497 e. The van der Waals surface area contributed by atoms with Crippen molar-refractivity contribution in [2.24, 2.45) is 0 Å². The predicted octanol–water partition coefficient (Wildman–Crippen LogP) is 3.11. The second kappa shape index (κ2) is 13.2. The molecule has 0 saturated carbocycles. The number of carbonyl (C=O) groups is 2. The Morgan fingerprint density at radius 2 is 1.72 bits per heavy atom. The van der Waals surface area contributed by atoms with Gasteiger partial charge < -0.3 is 19.7 Å². The van der Waals surface area contributed by atoms with Gasteiger partial charge in [0, 0.05) is 19.2 Å². The summed E-state index contributed by atoms with van der Waals surface area (Å²) in [5.41, 5.74) is 2.06. The molecule has 1 N–H and O–H groups in total. The van der Waals surface area contributed by atoms with E-state index in [-0.39, 0.29) is 23.9 Å². The van der Waals surface area contributed by atoms with Crippen molar-refractivity contribution >= 4 is 27.5 Å². The number of aryl methyl sites for hydroxylation is 1. The van der Waals surface area contributed by atoms with Crippen molar-refractivity contribution in [1.29, 1.82) is 0 Å². The van der Waals surface area contributed by atoms with E-state index in [0.717, 1.165) is 34.5 Å². The Labute approximate surface area is 214 Å². The first kappa shape index (κ1) is 29.0. The van der Waals surface area contributed by atoms with Gasteiger partial charge in [0.05, 0.1) is 26.2 Å². The van der Waals surface area contributed by atoms with Crippen molar-refractivity contribution < 1.29 is 27.5 Å². The number of nitrogens with one attached hydrogen (secondary N) is 1. The molecular weight excluding hydrogens is 482 g/mol. The van der Waals surface area contributed by atoms with Crippen LogP contribution in [0.2, 0.25) is 0 Å². The molecule has 0 aliphatic rings. The minimum Gasteiger partial charge on any atom is -0.497 e. The first-order valence-electron chi connectivity index (χ1n) is 11.8. The summed E-state index contributed by atoms with van der Waals surface area (Å²) in [5, 5.41) is 2.86. The fourth-order valence-corrected chi connectivity index (χ4v) is 4.44. The molecule has 0 fully saturated rings. The van der Waals surface area contributed by atoms with Crippen LogP contribution in [0.15, 0.2) is 42.5 Å². The van der Waals surface area contributed by atoms with E-state index in [2.05, 4.69) is 5.32 Å². The lowest BCUT2D eigenvalue weighted by atomic mass is 10.1. The van der Waals surface area contributed by atoms with E-state index in [1.807, 2.05) is 38.1 Å². The third-order valence-electron chi connectivity index (χ3n) is 5.80. The van der Waals surface area contributed by atoms with E-state index >= 15 is 0 Å². The second-order valence-corrected chi connectivity index (χ2v) is 10.5. The molecular formula is C26H37N3O6S. The van der Waals surface area contributed by atoms with Gasteiger partial charge in [-0.2, -0.15) is 0 Å². The van der Waals surface area contributed by atoms with Gasteiger partial charge in [-0.15, -0.1) is 0 Å². The van der Waals surface area contributed by atoms with Gasteiger partial charge >= 0.3 is 0 Å². The summed E-state index contributed by atoms with van der Waals surface area (Å²) in [4.78, 5) is 27.9. The molecule has 0 bridgehead atoms. The van der Waals surface area contributed by atoms with Gasteiger partial charge in [-0.1, -0.05) is 43.2 Å². The number of anilines is 1. The van der Waals surface area contributed by atoms with Crippen LogP contribution in [-0.2, 0) is 26.2 Å². The van der Waals surface area contributed by atoms with Gasteiger partial charge in [-0.3, -0.25) is 13.9 Å². The molecule has 2 amide bonds. The van der Waals surface area contributed by atoms with Crippen LogP contribution in [0, 0.1) is 6.92 Å². The lowest BCUT2D eigenvalue weighted by Gasteiger charge is -2.32. The highest BCUT2D eigenvalue weighted by Crippen LogP contribution is 2.34. The molecule has 0 saturated heterocycles. The highest BCUT2D eigenvalue weighted by molar-refractivity contribution is 7.92. The van der Waals surface area contributed by atoms with Crippen LogP contribution in [0.3, 0.4) is 0 Å². The molecule has 2 aromatic rings. The van der Waals surface area contributed by atoms with Gasteiger partial charge in [0.25, 0.3) is 0 Å². The van der Waals surface area contributed by atoms with Crippen molar-refractivity contribution in [3.05, 3.63) is 53.6 Å². The lowest BCUT2D eigenvalue weighted by molar-refractivity contribution is -0.139. The maximum absolute atomic E-state index is 13.6. The molecule has 0 aliphatic heterocycles. The second-order valence-electron chi connectivity index (χ2n) is 8.64. The molecule has 0 unspecified atom stereocenters. The molecule has 198 valence electrons. The van der Waals surface area contributed by atoms with Crippen LogP contribution in [0.1, 0.15) is 37.8 Å². The minimum absolute atomic E-state index is 0.147. The predicted molar refractivity (Wildman–Crippen MR) is 141 cm³/mol. The van der Waals surface area contributed by atoms with Crippen LogP contribution in [0.5, 0.6) is 11.5 Å². The van der Waals surface area contributed by atoms with Crippen molar-refractivity contribution in [1.82, 2.24) is 10.2 Å². The van der Waals surface area contributed by atoms with Crippen molar-refractivity contribution in [2.75, 3.05) is 37.9 Å². The standard InChI is InChI=1S/C26H37N3O6S/c1-7-8-15-27-26(31)20(3)28(17-21-11-9-19(2)10-12-21)25(30)18-29(36(6,32)33)23-16-22(34-4)13-14-24(23)35-5/h9-14,16,20H,7-8,15,17-18H2,1-6H3,(H,27,31)/t20-/m1/s1. The summed E-state index contributed by atoms with van der Waals surface area (Å²) in [7, 11) is -1.02. The van der Waals surface area contributed by atoms with Gasteiger partial charge in [-0.25, -0.2) is 8.42 Å². The quantitative estimate of drug-likeness (QED) is 0.408. The molecule has 2 rings (SSSR count). The Balaban J connectivity index is 2.43. The first-order chi connectivity index (χ1) is 17.0. The molecule has 9 nitrogen and oxygen atoms in total. The third-order valence-corrected chi connectivity index (χ3v) is 6.93. The van der Waals surface area contributed by atoms with E-state index in [1.54, 1.807) is 19.1 Å². The summed E-state index contributed by atoms with van der Waals surface area (Å²) < 4.78 is 37.2. The molecule has 1 atom stereocenters. The van der Waals surface area contributed by atoms with E-state index in [9.17, 15) is 18.0 Å². The van der Waals surface area contributed by atoms with Crippen LogP contribution >= 0.6 is 0 Å². The Kier molecular flexibility index (Phi) is 10.6. The monoisotopic (exact) mass is 519 g/mol. The molecule has 0 aliphatic carbocycles. The first-order valence-corrected chi connectivity index (χ1v) is 13.7. The van der Waals surface area contributed by atoms with Gasteiger partial charge in [0.2, 0.25) is 21.8 Å². The van der Waals surface area contributed by atoms with Crippen LogP contribution in [-0.4, -0.2) is 64.7 Å². The van der Waals surface area contributed by atoms with Gasteiger partial charge in [-0.05, 0) is 38.0 Å². The molecule has 0 aromatic heterocycles. The Morgan fingerprint density at radius 3 is 2.28 bits per heavy atom. The Morgan fingerprint density at radius 1 is 1.06 bits per heavy atom. The number of ether oxygens (including phenoxy) is 2. The number of nitrogens with zero attached hydrogens (tertiary/aromatic N) is 2. The molecule has 0 spiro atoms. The number of hydrogen-bond acceptors (Lipinski definition) is 6. The average molecular weight is 520 g/mol. The summed E-state index contributed by atoms with van der Waals surface area (Å²) in [6.07, 6.45) is 2.76. The molecule has 2 aromatic carbocycles. The van der Waals surface area contributed by atoms with Crippen LogP contribution in [0.25, 0.3) is 0 Å². The van der Waals surface area contributed by atoms with Crippen molar-refractivity contribution in [3.63, 3.8) is 0 Å². The number of rotatable bonds is 13. The minimum atomic E-state index is -3.90. The number of hydrogen-bond donors (Lipinski definition) is 1. The number of carbonyl (C=O) groups excluding carboxylic acids is 2. The molecule has 0 radical (unpaired) electrons. The maximum Gasteiger partial charge on any atom is 0.244 e. The number of amides is 2. The number of methoxy groups -OCH3 is 2. The third kappa shape index (κ3) is 7.87. The smallest absolute Gasteiger partial charge is 0.244 e. The number of sulfonamides is 1. The van der Waals surface area contributed by atoms with E-state index in [1.165, 1.54) is 25.2 Å². The number of benzene rings is 2. The van der Waals surface area contributed by atoms with E-state index in [4.69, 9.17) is 9.47 Å². The lowest BCUT2D eigenvalue weighted by Crippen LogP contribution is -2.51. The summed E-state index contributed by atoms with van der Waals surface area (Å²) in [5.74, 6) is -0.144. The van der Waals surface area contributed by atoms with Crippen molar-refractivity contribution in [2.45, 2.75) is 46.2 Å². The van der Waals surface area contributed by atoms with E-state index < -0.39 is 28.5 Å². The zero-order valence-electron chi connectivity index (χ0n) is 21.9. The SMILES string of the molecule is CCCCNC(=O)[C@@H](C)N(Cc1ccc(C)cc1)C(=O)CN(c1cc(OC)ccc1OC)S(C)(=O)=O. The fourth-order valence-electron chi connectivity index (χ4n) is 3.60. The fraction of sp³-hybridized carbons (Fsp3) is 0.462. The highest BCUT2D eigenvalue weighted by Gasteiger charge is 2.31. The zero-order chi connectivity index (χ0) is 26.9. The maximum atomic E-state index is 13.6. The number of unbranched alkanes of at least 4 members (excludes halogenated alkanes) is 1. The topological polar surface area (TPSA) is 105 Å². The van der Waals surface area contributed by atoms with E-state index in [0.29, 0.717) is 12.3 Å². The van der Waals surface area contributed by atoms with Crippen LogP contribution in [0.4, 0.5) is 5.69 Å². The summed E-state index contributed by atoms with van der Waals surface area (Å²) in [6, 6.07) is 11.5. The summed E-state index contributed by atoms with van der Waals surface area (Å²) in [6.45, 7) is 5.76. The average Bonchev–Trinajstić information content (AvgIpc) is 2.85. The Bertz CT molecular complexity index is 1130. The Hall–Kier alpha value is -3.27. The van der Waals surface area contributed by atoms with Crippen LogP contribution < -0.4 is 19.1 Å². The molecule has 10 heteroatoms. The summed E-state index contributed by atoms with van der Waals surface area (Å²) >= 11 is 0. The normalized spacial score (nSPS) is 11.9.